The lowest BCUT2D eigenvalue weighted by atomic mass is 10.0. The van der Waals surface area contributed by atoms with Crippen LogP contribution in [0.2, 0.25) is 0 Å². The van der Waals surface area contributed by atoms with E-state index in [1.165, 1.54) is 5.56 Å². The molecule has 122 valence electrons. The fourth-order valence-corrected chi connectivity index (χ4v) is 3.18. The van der Waals surface area contributed by atoms with Gasteiger partial charge in [0.05, 0.1) is 0 Å². The first-order valence-corrected chi connectivity index (χ1v) is 8.19. The van der Waals surface area contributed by atoms with Crippen LogP contribution in [0.25, 0.3) is 0 Å². The van der Waals surface area contributed by atoms with Gasteiger partial charge in [0.25, 0.3) is 5.91 Å². The van der Waals surface area contributed by atoms with E-state index in [2.05, 4.69) is 39.4 Å². The summed E-state index contributed by atoms with van der Waals surface area (Å²) >= 11 is 0. The van der Waals surface area contributed by atoms with Gasteiger partial charge >= 0.3 is 0 Å². The zero-order valence-corrected chi connectivity index (χ0v) is 13.8. The average molecular weight is 312 g/mol. The molecule has 1 fully saturated rings. The number of aromatic amines is 1. The molecule has 2 heterocycles. The van der Waals surface area contributed by atoms with Crippen molar-refractivity contribution in [2.24, 2.45) is 0 Å². The molecule has 1 aromatic carbocycles. The molecule has 0 bridgehead atoms. The third kappa shape index (κ3) is 3.79. The van der Waals surface area contributed by atoms with E-state index >= 15 is 0 Å². The number of benzene rings is 1. The van der Waals surface area contributed by atoms with E-state index in [1.807, 2.05) is 31.0 Å². The Bertz CT molecular complexity index is 644. The third-order valence-corrected chi connectivity index (χ3v) is 4.60. The number of carbonyl (C=O) groups excluding carboxylic acids is 1. The van der Waals surface area contributed by atoms with Crippen LogP contribution < -0.4 is 0 Å². The Morgan fingerprint density at radius 2 is 2.00 bits per heavy atom. The highest BCUT2D eigenvalue weighted by Crippen LogP contribution is 2.19. The fraction of sp³-hybridized carbons (Fsp3) is 0.444. The van der Waals surface area contributed by atoms with Crippen LogP contribution >= 0.6 is 0 Å². The molecule has 1 aliphatic heterocycles. The van der Waals surface area contributed by atoms with Crippen LogP contribution in [-0.4, -0.2) is 52.1 Å². The van der Waals surface area contributed by atoms with Gasteiger partial charge in [0.15, 0.2) is 0 Å². The van der Waals surface area contributed by atoms with E-state index in [0.717, 1.165) is 38.2 Å². The van der Waals surface area contributed by atoms with Gasteiger partial charge in [-0.25, -0.2) is 0 Å². The number of H-pyrrole nitrogens is 1. The summed E-state index contributed by atoms with van der Waals surface area (Å²) in [6, 6.07) is 12.7. The van der Waals surface area contributed by atoms with Crippen LogP contribution in [-0.2, 0) is 6.54 Å². The maximum atomic E-state index is 12.5. The first-order valence-electron chi connectivity index (χ1n) is 8.19. The predicted octanol–water partition coefficient (Wildman–Crippen LogP) is 2.45. The fourth-order valence-electron chi connectivity index (χ4n) is 3.18. The van der Waals surface area contributed by atoms with Gasteiger partial charge < -0.3 is 4.90 Å². The van der Waals surface area contributed by atoms with Crippen LogP contribution in [0.1, 0.15) is 34.6 Å². The molecule has 23 heavy (non-hydrogen) atoms. The standard InChI is InChI=1S/C18H24N4O/c1-14-12-17(20-19-14)18(23)21(2)16-8-10-22(11-9-16)13-15-6-4-3-5-7-15/h3-7,12,16H,8-11,13H2,1-2H3,(H,19,20). The van der Waals surface area contributed by atoms with Crippen molar-refractivity contribution in [3.8, 4) is 0 Å². The molecule has 0 spiro atoms. The van der Waals surface area contributed by atoms with E-state index in [4.69, 9.17) is 0 Å². The minimum Gasteiger partial charge on any atom is -0.337 e. The van der Waals surface area contributed by atoms with Crippen molar-refractivity contribution in [3.63, 3.8) is 0 Å². The highest BCUT2D eigenvalue weighted by Gasteiger charge is 2.26. The van der Waals surface area contributed by atoms with Crippen molar-refractivity contribution >= 4 is 5.91 Å². The normalized spacial score (nSPS) is 16.4. The number of likely N-dealkylation sites (tertiary alicyclic amines) is 1. The maximum Gasteiger partial charge on any atom is 0.274 e. The number of rotatable bonds is 4. The van der Waals surface area contributed by atoms with Crippen LogP contribution in [0.15, 0.2) is 36.4 Å². The van der Waals surface area contributed by atoms with Crippen molar-refractivity contribution in [1.82, 2.24) is 20.0 Å². The summed E-state index contributed by atoms with van der Waals surface area (Å²) in [6.07, 6.45) is 2.02. The van der Waals surface area contributed by atoms with E-state index in [9.17, 15) is 4.79 Å². The van der Waals surface area contributed by atoms with Gasteiger partial charge in [0.1, 0.15) is 5.69 Å². The van der Waals surface area contributed by atoms with E-state index in [0.29, 0.717) is 11.7 Å². The molecule has 3 rings (SSSR count). The van der Waals surface area contributed by atoms with E-state index in [-0.39, 0.29) is 5.91 Å². The second kappa shape index (κ2) is 6.96. The van der Waals surface area contributed by atoms with Crippen molar-refractivity contribution in [2.45, 2.75) is 32.4 Å². The topological polar surface area (TPSA) is 52.2 Å². The van der Waals surface area contributed by atoms with E-state index < -0.39 is 0 Å². The maximum absolute atomic E-state index is 12.5. The van der Waals surface area contributed by atoms with Gasteiger partial charge in [-0.1, -0.05) is 30.3 Å². The SMILES string of the molecule is Cc1cc(C(=O)N(C)C2CCN(Cc3ccccc3)CC2)n[nH]1. The third-order valence-electron chi connectivity index (χ3n) is 4.60. The Hall–Kier alpha value is -2.14. The molecule has 0 radical (unpaired) electrons. The Labute approximate surface area is 137 Å². The smallest absolute Gasteiger partial charge is 0.274 e. The van der Waals surface area contributed by atoms with Crippen LogP contribution in [0.3, 0.4) is 0 Å². The van der Waals surface area contributed by atoms with Crippen molar-refractivity contribution in [1.29, 1.82) is 0 Å². The molecule has 0 aliphatic carbocycles. The summed E-state index contributed by atoms with van der Waals surface area (Å²) < 4.78 is 0. The summed E-state index contributed by atoms with van der Waals surface area (Å²) in [6.45, 7) is 4.95. The number of nitrogens with one attached hydrogen (secondary N) is 1. The molecule has 2 aromatic rings. The van der Waals surface area contributed by atoms with Gasteiger partial charge in [-0.15, -0.1) is 0 Å². The monoisotopic (exact) mass is 312 g/mol. The number of amides is 1. The lowest BCUT2D eigenvalue weighted by molar-refractivity contribution is 0.0630. The molecule has 1 N–H and O–H groups in total. The largest absolute Gasteiger partial charge is 0.337 e. The molecule has 1 saturated heterocycles. The number of piperidine rings is 1. The van der Waals surface area contributed by atoms with E-state index in [1.54, 1.807) is 0 Å². The second-order valence-electron chi connectivity index (χ2n) is 6.35. The van der Waals surface area contributed by atoms with Gasteiger partial charge in [0, 0.05) is 38.4 Å². The molecule has 1 aromatic heterocycles. The lowest BCUT2D eigenvalue weighted by Gasteiger charge is -2.36. The summed E-state index contributed by atoms with van der Waals surface area (Å²) in [7, 11) is 1.89. The van der Waals surface area contributed by atoms with Gasteiger partial charge in [-0.3, -0.25) is 14.8 Å². The number of aromatic nitrogens is 2. The predicted molar refractivity (Wildman–Crippen MR) is 90.2 cm³/mol. The summed E-state index contributed by atoms with van der Waals surface area (Å²) in [5, 5.41) is 6.91. The molecular formula is C18H24N4O. The van der Waals surface area contributed by atoms with Crippen LogP contribution in [0, 0.1) is 6.92 Å². The number of hydrogen-bond acceptors (Lipinski definition) is 3. The zero-order valence-electron chi connectivity index (χ0n) is 13.8. The van der Waals surface area contributed by atoms with Crippen LogP contribution in [0.5, 0.6) is 0 Å². The Morgan fingerprint density at radius 3 is 2.61 bits per heavy atom. The minimum absolute atomic E-state index is 0.0101. The first-order chi connectivity index (χ1) is 11.1. The molecule has 1 aliphatic rings. The highest BCUT2D eigenvalue weighted by atomic mass is 16.2. The van der Waals surface area contributed by atoms with Crippen molar-refractivity contribution in [3.05, 3.63) is 53.3 Å². The van der Waals surface area contributed by atoms with Gasteiger partial charge in [-0.05, 0) is 31.4 Å². The van der Waals surface area contributed by atoms with Crippen molar-refractivity contribution < 1.29 is 4.79 Å². The quantitative estimate of drug-likeness (QED) is 0.943. The zero-order chi connectivity index (χ0) is 16.2. The van der Waals surface area contributed by atoms with Crippen LogP contribution in [0.4, 0.5) is 0 Å². The highest BCUT2D eigenvalue weighted by molar-refractivity contribution is 5.92. The van der Waals surface area contributed by atoms with Crippen molar-refractivity contribution in [2.75, 3.05) is 20.1 Å². The van der Waals surface area contributed by atoms with Gasteiger partial charge in [-0.2, -0.15) is 5.10 Å². The number of hydrogen-bond donors (Lipinski definition) is 1. The van der Waals surface area contributed by atoms with Gasteiger partial charge in [0.2, 0.25) is 0 Å². The first kappa shape index (κ1) is 15.7. The summed E-state index contributed by atoms with van der Waals surface area (Å²) in [5.74, 6) is 0.0101. The molecule has 1 amide bonds. The molecule has 5 heteroatoms. The second-order valence-corrected chi connectivity index (χ2v) is 6.35. The number of nitrogens with zero attached hydrogens (tertiary/aromatic N) is 3. The molecule has 0 unspecified atom stereocenters. The Morgan fingerprint density at radius 1 is 1.30 bits per heavy atom. The minimum atomic E-state index is 0.0101. The lowest BCUT2D eigenvalue weighted by Crippen LogP contribution is -2.45. The number of carbonyl (C=O) groups is 1. The number of aryl methyl sites for hydroxylation is 1. The Balaban J connectivity index is 1.53. The molecule has 0 saturated carbocycles. The summed E-state index contributed by atoms with van der Waals surface area (Å²) in [4.78, 5) is 16.8. The molecule has 0 atom stereocenters. The summed E-state index contributed by atoms with van der Waals surface area (Å²) in [5.41, 5.74) is 2.78. The molecule has 5 nitrogen and oxygen atoms in total. The average Bonchev–Trinajstić information content (AvgIpc) is 3.02. The Kier molecular flexibility index (Phi) is 4.76. The molecular weight excluding hydrogens is 288 g/mol.